The number of hydrogen-bond donors (Lipinski definition) is 1. The molecule has 0 unspecified atom stereocenters. The van der Waals surface area contributed by atoms with Crippen LogP contribution in [-0.2, 0) is 9.84 Å². The highest BCUT2D eigenvalue weighted by Gasteiger charge is 2.29. The predicted octanol–water partition coefficient (Wildman–Crippen LogP) is 4.07. The van der Waals surface area contributed by atoms with Crippen molar-refractivity contribution in [1.29, 1.82) is 0 Å². The maximum Gasteiger partial charge on any atom is 0.341 e. The average Bonchev–Trinajstić information content (AvgIpc) is 3.16. The zero-order valence-corrected chi connectivity index (χ0v) is 15.3. The first-order valence-corrected chi connectivity index (χ1v) is 9.87. The predicted molar refractivity (Wildman–Crippen MR) is 97.4 cm³/mol. The molecule has 0 bridgehead atoms. The lowest BCUT2D eigenvalue weighted by Gasteiger charge is -2.19. The van der Waals surface area contributed by atoms with E-state index in [2.05, 4.69) is 5.32 Å². The van der Waals surface area contributed by atoms with E-state index in [4.69, 9.17) is 0 Å². The Balaban J connectivity index is 1.91. The number of nitro benzene ring substituents is 1. The highest BCUT2D eigenvalue weighted by molar-refractivity contribution is 7.91. The van der Waals surface area contributed by atoms with Crippen LogP contribution in [0.5, 0.6) is 0 Å². The number of hydrogen-bond acceptors (Lipinski definition) is 6. The summed E-state index contributed by atoms with van der Waals surface area (Å²) >= 11 is 0. The molecular formula is C17H16F3N3O4S. The summed E-state index contributed by atoms with van der Waals surface area (Å²) < 4.78 is 62.8. The standard InChI is InChI=1S/C17H16F3N3O4S/c18-13-9-11(3-6-15(13)22-7-1-2-8-22)21-14-5-4-12(10-16(14)23(24)25)28(26,27)17(19)20/h3-6,9-10,17,21H,1-2,7-8H2. The van der Waals surface area contributed by atoms with Crippen LogP contribution in [0.25, 0.3) is 0 Å². The number of rotatable bonds is 6. The molecule has 1 fully saturated rings. The van der Waals surface area contributed by atoms with Crippen molar-refractivity contribution in [2.75, 3.05) is 23.3 Å². The lowest BCUT2D eigenvalue weighted by Crippen LogP contribution is -2.18. The fraction of sp³-hybridized carbons (Fsp3) is 0.294. The Morgan fingerprint density at radius 2 is 1.79 bits per heavy atom. The topological polar surface area (TPSA) is 92.5 Å². The Hall–Kier alpha value is -2.82. The molecule has 28 heavy (non-hydrogen) atoms. The third-order valence-electron chi connectivity index (χ3n) is 4.40. The van der Waals surface area contributed by atoms with E-state index in [-0.39, 0.29) is 11.4 Å². The molecular weight excluding hydrogens is 399 g/mol. The largest absolute Gasteiger partial charge is 0.369 e. The van der Waals surface area contributed by atoms with Crippen LogP contribution in [0, 0.1) is 15.9 Å². The van der Waals surface area contributed by atoms with Gasteiger partial charge in [-0.1, -0.05) is 0 Å². The average molecular weight is 415 g/mol. The Kier molecular flexibility index (Phi) is 5.45. The molecule has 7 nitrogen and oxygen atoms in total. The first kappa shape index (κ1) is 19.9. The third kappa shape index (κ3) is 3.88. The Bertz CT molecular complexity index is 1010. The second-order valence-electron chi connectivity index (χ2n) is 6.23. The summed E-state index contributed by atoms with van der Waals surface area (Å²) in [5.74, 6) is -4.20. The summed E-state index contributed by atoms with van der Waals surface area (Å²) in [6.07, 6.45) is 1.94. The van der Waals surface area contributed by atoms with Crippen molar-refractivity contribution in [2.24, 2.45) is 0 Å². The first-order chi connectivity index (χ1) is 13.2. The minimum atomic E-state index is -4.98. The SMILES string of the molecule is O=[N+]([O-])c1cc(S(=O)(=O)C(F)F)ccc1Nc1ccc(N2CCCC2)c(F)c1. The molecule has 2 aromatic carbocycles. The molecule has 1 saturated heterocycles. The molecule has 3 rings (SSSR count). The molecule has 1 aliphatic rings. The van der Waals surface area contributed by atoms with E-state index in [9.17, 15) is 31.7 Å². The molecule has 0 aromatic heterocycles. The maximum atomic E-state index is 14.4. The highest BCUT2D eigenvalue weighted by Crippen LogP contribution is 2.33. The maximum absolute atomic E-state index is 14.4. The van der Waals surface area contributed by atoms with Gasteiger partial charge >= 0.3 is 5.76 Å². The van der Waals surface area contributed by atoms with E-state index in [1.54, 1.807) is 6.07 Å². The van der Waals surface area contributed by atoms with Crippen molar-refractivity contribution >= 4 is 32.6 Å². The van der Waals surface area contributed by atoms with Crippen LogP contribution in [0.15, 0.2) is 41.3 Å². The highest BCUT2D eigenvalue weighted by atomic mass is 32.2. The molecule has 0 atom stereocenters. The normalized spacial score (nSPS) is 14.5. The zero-order valence-electron chi connectivity index (χ0n) is 14.4. The van der Waals surface area contributed by atoms with Gasteiger partial charge in [0.25, 0.3) is 5.69 Å². The first-order valence-electron chi connectivity index (χ1n) is 8.32. The van der Waals surface area contributed by atoms with Gasteiger partial charge in [-0.05, 0) is 43.2 Å². The number of alkyl halides is 2. The van der Waals surface area contributed by atoms with E-state index in [1.165, 1.54) is 12.1 Å². The van der Waals surface area contributed by atoms with Crippen molar-refractivity contribution in [3.05, 3.63) is 52.3 Å². The monoisotopic (exact) mass is 415 g/mol. The summed E-state index contributed by atoms with van der Waals surface area (Å²) in [4.78, 5) is 11.4. The third-order valence-corrected chi connectivity index (χ3v) is 5.78. The van der Waals surface area contributed by atoms with Crippen molar-refractivity contribution in [1.82, 2.24) is 0 Å². The van der Waals surface area contributed by atoms with Crippen LogP contribution in [0.1, 0.15) is 12.8 Å². The molecule has 0 radical (unpaired) electrons. The molecule has 150 valence electrons. The van der Waals surface area contributed by atoms with Crippen LogP contribution in [0.4, 0.5) is 35.9 Å². The molecule has 0 aliphatic carbocycles. The molecule has 1 aliphatic heterocycles. The summed E-state index contributed by atoms with van der Waals surface area (Å²) in [7, 11) is -4.98. The van der Waals surface area contributed by atoms with Gasteiger partial charge in [0.2, 0.25) is 9.84 Å². The van der Waals surface area contributed by atoms with Crippen LogP contribution in [0.2, 0.25) is 0 Å². The van der Waals surface area contributed by atoms with Crippen molar-refractivity contribution in [3.8, 4) is 0 Å². The quantitative estimate of drug-likeness (QED) is 0.565. The van der Waals surface area contributed by atoms with Crippen LogP contribution >= 0.6 is 0 Å². The van der Waals surface area contributed by atoms with Gasteiger partial charge in [0.1, 0.15) is 11.5 Å². The van der Waals surface area contributed by atoms with Gasteiger partial charge in [-0.3, -0.25) is 10.1 Å². The fourth-order valence-electron chi connectivity index (χ4n) is 3.00. The number of nitro groups is 1. The van der Waals surface area contributed by atoms with Crippen LogP contribution < -0.4 is 10.2 Å². The minimum Gasteiger partial charge on any atom is -0.369 e. The second kappa shape index (κ2) is 7.66. The number of halogens is 3. The van der Waals surface area contributed by atoms with Crippen molar-refractivity contribution in [3.63, 3.8) is 0 Å². The minimum absolute atomic E-state index is 0.147. The molecule has 2 aromatic rings. The molecule has 0 amide bonds. The number of nitrogens with zero attached hydrogens (tertiary/aromatic N) is 2. The van der Waals surface area contributed by atoms with Crippen molar-refractivity contribution in [2.45, 2.75) is 23.5 Å². The lowest BCUT2D eigenvalue weighted by atomic mass is 10.2. The van der Waals surface area contributed by atoms with Crippen molar-refractivity contribution < 1.29 is 26.5 Å². The molecule has 1 N–H and O–H groups in total. The van der Waals surface area contributed by atoms with Gasteiger partial charge in [-0.15, -0.1) is 0 Å². The van der Waals surface area contributed by atoms with Gasteiger partial charge in [0.15, 0.2) is 0 Å². The molecule has 11 heteroatoms. The van der Waals surface area contributed by atoms with Crippen LogP contribution in [-0.4, -0.2) is 32.2 Å². The number of benzene rings is 2. The van der Waals surface area contributed by atoms with E-state index in [0.29, 0.717) is 11.8 Å². The summed E-state index contributed by atoms with van der Waals surface area (Å²) in [5, 5.41) is 13.9. The molecule has 0 saturated carbocycles. The second-order valence-corrected chi connectivity index (χ2v) is 8.14. The Labute approximate surface area is 158 Å². The Morgan fingerprint density at radius 1 is 1.11 bits per heavy atom. The van der Waals surface area contributed by atoms with E-state index in [1.807, 2.05) is 4.90 Å². The van der Waals surface area contributed by atoms with Gasteiger partial charge in [-0.25, -0.2) is 12.8 Å². The molecule has 1 heterocycles. The summed E-state index contributed by atoms with van der Waals surface area (Å²) in [5.41, 5.74) is -0.235. The number of anilines is 3. The van der Waals surface area contributed by atoms with E-state index in [0.717, 1.165) is 38.1 Å². The number of nitrogens with one attached hydrogen (secondary N) is 1. The van der Waals surface area contributed by atoms with Gasteiger partial charge in [0, 0.05) is 24.8 Å². The fourth-order valence-corrected chi connectivity index (χ4v) is 3.74. The summed E-state index contributed by atoms with van der Waals surface area (Å²) in [6.45, 7) is 1.49. The zero-order chi connectivity index (χ0) is 20.5. The molecule has 0 spiro atoms. The Morgan fingerprint density at radius 3 is 2.36 bits per heavy atom. The smallest absolute Gasteiger partial charge is 0.341 e. The lowest BCUT2D eigenvalue weighted by molar-refractivity contribution is -0.384. The van der Waals surface area contributed by atoms with Gasteiger partial charge in [0.05, 0.1) is 15.5 Å². The van der Waals surface area contributed by atoms with E-state index >= 15 is 0 Å². The van der Waals surface area contributed by atoms with Gasteiger partial charge in [-0.2, -0.15) is 8.78 Å². The number of sulfone groups is 1. The van der Waals surface area contributed by atoms with Gasteiger partial charge < -0.3 is 10.2 Å². The van der Waals surface area contributed by atoms with Crippen LogP contribution in [0.3, 0.4) is 0 Å². The summed E-state index contributed by atoms with van der Waals surface area (Å²) in [6, 6.07) is 6.64. The van der Waals surface area contributed by atoms with E-state index < -0.39 is 36.9 Å².